The van der Waals surface area contributed by atoms with Gasteiger partial charge in [0, 0.05) is 58.4 Å². The summed E-state index contributed by atoms with van der Waals surface area (Å²) < 4.78 is 11.5. The van der Waals surface area contributed by atoms with Crippen molar-refractivity contribution in [2.75, 3.05) is 0 Å². The van der Waals surface area contributed by atoms with Gasteiger partial charge in [0.25, 0.3) is 0 Å². The Morgan fingerprint density at radius 3 is 1.61 bits per heavy atom. The lowest BCUT2D eigenvalue weighted by Crippen LogP contribution is -2.00. The molecule has 0 bridgehead atoms. The Bertz CT molecular complexity index is 3420. The summed E-state index contributed by atoms with van der Waals surface area (Å²) in [6.45, 7) is 0. The Morgan fingerprint density at radius 1 is 0.404 bits per heavy atom. The van der Waals surface area contributed by atoms with Crippen molar-refractivity contribution >= 4 is 75.3 Å². The summed E-state index contributed by atoms with van der Waals surface area (Å²) in [6.07, 6.45) is 0. The Hall–Kier alpha value is -7.41. The van der Waals surface area contributed by atoms with Gasteiger partial charge < -0.3 is 8.98 Å². The molecule has 6 heteroatoms. The van der Waals surface area contributed by atoms with Crippen molar-refractivity contribution < 1.29 is 4.42 Å². The molecule has 0 aliphatic rings. The fourth-order valence-corrected chi connectivity index (χ4v) is 9.69. The van der Waals surface area contributed by atoms with E-state index >= 15 is 0 Å². The second-order valence-electron chi connectivity index (χ2n) is 14.3. The second kappa shape index (κ2) is 12.6. The maximum absolute atomic E-state index is 6.77. The van der Waals surface area contributed by atoms with E-state index in [4.69, 9.17) is 19.4 Å². The van der Waals surface area contributed by atoms with E-state index in [1.165, 1.54) is 25.6 Å². The van der Waals surface area contributed by atoms with Crippen LogP contribution in [0.4, 0.5) is 0 Å². The molecule has 57 heavy (non-hydrogen) atoms. The highest BCUT2D eigenvalue weighted by Crippen LogP contribution is 2.45. The standard InChI is InChI=1S/C51H30N4OS/c1-3-14-31(15-4-1)49-52-50(32-16-5-2-6-17-32)54-51(53-49)38-22-13-27-45-47(38)46-34(20-12-26-44(46)57-45)33-28-29-43-39(30-33)37-21-11-25-42(48(37)56-43)55-40-23-9-7-18-35(40)36-19-8-10-24-41(36)55/h1-30H. The maximum Gasteiger partial charge on any atom is 0.164 e. The SMILES string of the molecule is c1ccc(-c2nc(-c3ccccc3)nc(-c3cccc4sc5cccc(-c6ccc7oc8c(-n9c%10ccccc%10c%10ccccc%109)cccc8c7c6)c5c34)n2)cc1. The van der Waals surface area contributed by atoms with Crippen LogP contribution >= 0.6 is 11.3 Å². The molecular formula is C51H30N4OS. The van der Waals surface area contributed by atoms with E-state index in [1.807, 2.05) is 60.7 Å². The zero-order valence-electron chi connectivity index (χ0n) is 30.4. The van der Waals surface area contributed by atoms with E-state index in [0.29, 0.717) is 17.5 Å². The van der Waals surface area contributed by atoms with Crippen LogP contribution in [0.5, 0.6) is 0 Å². The lowest BCUT2D eigenvalue weighted by Gasteiger charge is -2.11. The Labute approximate surface area is 330 Å². The molecule has 0 saturated carbocycles. The number of aromatic nitrogens is 4. The van der Waals surface area contributed by atoms with Crippen LogP contribution in [0.1, 0.15) is 0 Å². The number of hydrogen-bond acceptors (Lipinski definition) is 5. The summed E-state index contributed by atoms with van der Waals surface area (Å²) in [4.78, 5) is 15.2. The fraction of sp³-hybridized carbons (Fsp3) is 0. The maximum atomic E-state index is 6.77. The molecule has 0 spiro atoms. The van der Waals surface area contributed by atoms with Crippen LogP contribution in [-0.4, -0.2) is 19.5 Å². The predicted molar refractivity (Wildman–Crippen MR) is 236 cm³/mol. The van der Waals surface area contributed by atoms with Crippen LogP contribution in [0.15, 0.2) is 186 Å². The molecule has 0 radical (unpaired) electrons. The molecule has 0 N–H and O–H groups in total. The average Bonchev–Trinajstić information content (AvgIpc) is 3.96. The topological polar surface area (TPSA) is 56.7 Å². The minimum atomic E-state index is 0.647. The van der Waals surface area contributed by atoms with Gasteiger partial charge in [-0.3, -0.25) is 0 Å². The highest BCUT2D eigenvalue weighted by Gasteiger charge is 2.21. The lowest BCUT2D eigenvalue weighted by molar-refractivity contribution is 0.666. The van der Waals surface area contributed by atoms with E-state index < -0.39 is 0 Å². The van der Waals surface area contributed by atoms with Crippen molar-refractivity contribution in [1.29, 1.82) is 0 Å². The molecule has 8 aromatic carbocycles. The minimum Gasteiger partial charge on any atom is -0.454 e. The number of fused-ring (bicyclic) bond motifs is 9. The van der Waals surface area contributed by atoms with Crippen LogP contribution in [-0.2, 0) is 0 Å². The zero-order valence-corrected chi connectivity index (χ0v) is 31.2. The summed E-state index contributed by atoms with van der Waals surface area (Å²) in [5.74, 6) is 1.94. The van der Waals surface area contributed by atoms with Gasteiger partial charge in [-0.05, 0) is 53.6 Å². The number of thiophene rings is 1. The summed E-state index contributed by atoms with van der Waals surface area (Å²) in [5.41, 5.74) is 10.2. The molecule has 0 fully saturated rings. The van der Waals surface area contributed by atoms with Crippen molar-refractivity contribution in [2.45, 2.75) is 0 Å². The van der Waals surface area contributed by atoms with Gasteiger partial charge in [-0.1, -0.05) is 140 Å². The van der Waals surface area contributed by atoms with E-state index in [2.05, 4.69) is 126 Å². The molecule has 0 amide bonds. The molecule has 12 aromatic rings. The fourth-order valence-electron chi connectivity index (χ4n) is 8.53. The van der Waals surface area contributed by atoms with Crippen molar-refractivity contribution in [3.63, 3.8) is 0 Å². The molecule has 266 valence electrons. The summed E-state index contributed by atoms with van der Waals surface area (Å²) in [7, 11) is 0. The van der Waals surface area contributed by atoms with Gasteiger partial charge in [0.2, 0.25) is 0 Å². The number of para-hydroxylation sites is 3. The van der Waals surface area contributed by atoms with E-state index in [9.17, 15) is 0 Å². The van der Waals surface area contributed by atoms with Crippen LogP contribution in [0.3, 0.4) is 0 Å². The van der Waals surface area contributed by atoms with Crippen LogP contribution in [0, 0.1) is 0 Å². The van der Waals surface area contributed by atoms with Gasteiger partial charge in [0.15, 0.2) is 23.1 Å². The first-order valence-corrected chi connectivity index (χ1v) is 19.8. The van der Waals surface area contributed by atoms with Crippen molar-refractivity contribution in [3.8, 4) is 51.0 Å². The van der Waals surface area contributed by atoms with Crippen molar-refractivity contribution in [1.82, 2.24) is 19.5 Å². The van der Waals surface area contributed by atoms with Crippen LogP contribution in [0.25, 0.3) is 115 Å². The third kappa shape index (κ3) is 4.98. The van der Waals surface area contributed by atoms with Gasteiger partial charge in [-0.15, -0.1) is 11.3 Å². The summed E-state index contributed by atoms with van der Waals surface area (Å²) in [5, 5.41) is 6.95. The van der Waals surface area contributed by atoms with E-state index in [1.54, 1.807) is 11.3 Å². The smallest absolute Gasteiger partial charge is 0.164 e. The van der Waals surface area contributed by atoms with Crippen LogP contribution in [0.2, 0.25) is 0 Å². The van der Waals surface area contributed by atoms with E-state index in [-0.39, 0.29) is 0 Å². The number of furan rings is 1. The first kappa shape index (κ1) is 31.9. The first-order valence-electron chi connectivity index (χ1n) is 19.0. The molecule has 0 atom stereocenters. The number of hydrogen-bond donors (Lipinski definition) is 0. The molecule has 0 saturated heterocycles. The Kier molecular flexibility index (Phi) is 7.03. The molecular weight excluding hydrogens is 717 g/mol. The van der Waals surface area contributed by atoms with Gasteiger partial charge >= 0.3 is 0 Å². The quantitative estimate of drug-likeness (QED) is 0.176. The Morgan fingerprint density at radius 2 is 0.947 bits per heavy atom. The van der Waals surface area contributed by atoms with E-state index in [0.717, 1.165) is 71.9 Å². The van der Waals surface area contributed by atoms with Crippen LogP contribution < -0.4 is 0 Å². The largest absolute Gasteiger partial charge is 0.454 e. The zero-order chi connectivity index (χ0) is 37.5. The predicted octanol–water partition coefficient (Wildman–Crippen LogP) is 13.9. The van der Waals surface area contributed by atoms with Gasteiger partial charge in [0.1, 0.15) is 5.58 Å². The molecule has 4 heterocycles. The third-order valence-corrected chi connectivity index (χ3v) is 12.2. The van der Waals surface area contributed by atoms with Gasteiger partial charge in [-0.2, -0.15) is 0 Å². The Balaban J connectivity index is 1.07. The lowest BCUT2D eigenvalue weighted by atomic mass is 9.96. The monoisotopic (exact) mass is 746 g/mol. The molecule has 0 aliphatic heterocycles. The second-order valence-corrected chi connectivity index (χ2v) is 15.4. The average molecular weight is 747 g/mol. The summed E-state index contributed by atoms with van der Waals surface area (Å²) >= 11 is 1.80. The number of rotatable bonds is 5. The molecule has 0 unspecified atom stereocenters. The summed E-state index contributed by atoms with van der Waals surface area (Å²) in [6, 6.07) is 63.7. The highest BCUT2D eigenvalue weighted by molar-refractivity contribution is 7.26. The van der Waals surface area contributed by atoms with Gasteiger partial charge in [-0.25, -0.2) is 15.0 Å². The molecule has 0 aliphatic carbocycles. The third-order valence-electron chi connectivity index (χ3n) is 11.1. The minimum absolute atomic E-state index is 0.647. The number of benzene rings is 8. The van der Waals surface area contributed by atoms with Gasteiger partial charge in [0.05, 0.1) is 16.7 Å². The molecule has 12 rings (SSSR count). The first-order chi connectivity index (χ1) is 28.3. The highest BCUT2D eigenvalue weighted by atomic mass is 32.1. The number of nitrogens with zero attached hydrogens (tertiary/aromatic N) is 4. The van der Waals surface area contributed by atoms with Crippen molar-refractivity contribution in [3.05, 3.63) is 182 Å². The van der Waals surface area contributed by atoms with Crippen molar-refractivity contribution in [2.24, 2.45) is 0 Å². The normalized spacial score (nSPS) is 11.9. The molecule has 4 aromatic heterocycles. The molecule has 5 nitrogen and oxygen atoms in total.